The fraction of sp³-hybridized carbons (Fsp3) is 0.600. The third kappa shape index (κ3) is 5.60. The van der Waals surface area contributed by atoms with E-state index in [1.807, 2.05) is 30.5 Å². The van der Waals surface area contributed by atoms with Gasteiger partial charge in [0.2, 0.25) is 5.91 Å². The third-order valence-corrected chi connectivity index (χ3v) is 7.31. The number of carbonyl (C=O) groups is 2. The van der Waals surface area contributed by atoms with Gasteiger partial charge in [0.05, 0.1) is 12.1 Å². The molecule has 1 unspecified atom stereocenters. The minimum absolute atomic E-state index is 0.0148. The smallest absolute Gasteiger partial charge is 0.256 e. The van der Waals surface area contributed by atoms with Crippen LogP contribution in [0.2, 0.25) is 0 Å². The molecule has 3 rings (SSSR count). The molecular formula is C25H34N2O2S. The van der Waals surface area contributed by atoms with E-state index in [4.69, 9.17) is 6.42 Å². The molecule has 4 nitrogen and oxygen atoms in total. The number of benzene rings is 1. The lowest BCUT2D eigenvalue weighted by Crippen LogP contribution is -2.55. The molecule has 2 amide bonds. The number of hydrogen-bond donors (Lipinski definition) is 1. The van der Waals surface area contributed by atoms with Gasteiger partial charge in [0.1, 0.15) is 6.04 Å². The number of amides is 2. The number of nitrogens with one attached hydrogen (secondary N) is 1. The van der Waals surface area contributed by atoms with Crippen LogP contribution >= 0.6 is 11.8 Å². The molecule has 5 heteroatoms. The highest BCUT2D eigenvalue weighted by Crippen LogP contribution is 2.31. The summed E-state index contributed by atoms with van der Waals surface area (Å²) in [5, 5.41) is 3.28. The summed E-state index contributed by atoms with van der Waals surface area (Å²) < 4.78 is 0. The molecule has 30 heavy (non-hydrogen) atoms. The molecule has 162 valence electrons. The van der Waals surface area contributed by atoms with Gasteiger partial charge in [0.15, 0.2) is 0 Å². The van der Waals surface area contributed by atoms with Gasteiger partial charge < -0.3 is 10.2 Å². The van der Waals surface area contributed by atoms with E-state index >= 15 is 0 Å². The van der Waals surface area contributed by atoms with Crippen molar-refractivity contribution in [1.29, 1.82) is 0 Å². The number of hydrogen-bond acceptors (Lipinski definition) is 3. The molecule has 2 fully saturated rings. The highest BCUT2D eigenvalue weighted by molar-refractivity contribution is 7.98. The zero-order chi connectivity index (χ0) is 21.3. The number of nitrogens with zero attached hydrogens (tertiary/aromatic N) is 1. The number of terminal acetylenes is 1. The standard InChI is InChI=1S/C25H34N2O2S/c1-3-18-27(25(29)21-16-10-11-17-22(21)30-2)23(19-12-6-4-7-13-19)24(28)26-20-14-8-5-9-15-20/h1,10-11,16-17,19-20,23H,4-9,12-15,18H2,2H3,(H,26,28). The predicted octanol–water partition coefficient (Wildman–Crippen LogP) is 4.88. The van der Waals surface area contributed by atoms with Gasteiger partial charge in [-0.3, -0.25) is 9.59 Å². The lowest BCUT2D eigenvalue weighted by atomic mass is 9.82. The lowest BCUT2D eigenvalue weighted by Gasteiger charge is -2.38. The maximum Gasteiger partial charge on any atom is 0.256 e. The second-order valence-electron chi connectivity index (χ2n) is 8.52. The van der Waals surface area contributed by atoms with E-state index < -0.39 is 6.04 Å². The fourth-order valence-electron chi connectivity index (χ4n) is 4.96. The number of carbonyl (C=O) groups excluding carboxylic acids is 2. The van der Waals surface area contributed by atoms with E-state index in [-0.39, 0.29) is 30.3 Å². The molecule has 2 aliphatic carbocycles. The molecule has 0 spiro atoms. The van der Waals surface area contributed by atoms with Crippen LogP contribution in [0.1, 0.15) is 74.6 Å². The third-order valence-electron chi connectivity index (χ3n) is 6.51. The Morgan fingerprint density at radius 1 is 1.10 bits per heavy atom. The lowest BCUT2D eigenvalue weighted by molar-refractivity contribution is -0.128. The van der Waals surface area contributed by atoms with E-state index in [9.17, 15) is 9.59 Å². The minimum Gasteiger partial charge on any atom is -0.352 e. The van der Waals surface area contributed by atoms with Crippen molar-refractivity contribution >= 4 is 23.6 Å². The van der Waals surface area contributed by atoms with Crippen molar-refractivity contribution in [3.05, 3.63) is 29.8 Å². The molecule has 0 bridgehead atoms. The highest BCUT2D eigenvalue weighted by atomic mass is 32.2. The first-order valence-electron chi connectivity index (χ1n) is 11.3. The summed E-state index contributed by atoms with van der Waals surface area (Å²) in [4.78, 5) is 29.8. The molecule has 2 saturated carbocycles. The summed E-state index contributed by atoms with van der Waals surface area (Å²) in [6.45, 7) is 0.154. The second kappa shape index (κ2) is 11.5. The Morgan fingerprint density at radius 2 is 1.73 bits per heavy atom. The van der Waals surface area contributed by atoms with Gasteiger partial charge in [-0.05, 0) is 50.0 Å². The van der Waals surface area contributed by atoms with Crippen molar-refractivity contribution in [2.24, 2.45) is 5.92 Å². The SMILES string of the molecule is C#CCN(C(=O)c1ccccc1SC)C(C(=O)NC1CCCCC1)C1CCCCC1. The van der Waals surface area contributed by atoms with Crippen LogP contribution < -0.4 is 5.32 Å². The molecule has 0 heterocycles. The van der Waals surface area contributed by atoms with Gasteiger partial charge in [-0.15, -0.1) is 18.2 Å². The molecule has 1 N–H and O–H groups in total. The molecule has 0 aliphatic heterocycles. The van der Waals surface area contributed by atoms with E-state index in [0.717, 1.165) is 56.3 Å². The fourth-order valence-corrected chi connectivity index (χ4v) is 5.55. The molecule has 0 saturated heterocycles. The Morgan fingerprint density at radius 3 is 2.37 bits per heavy atom. The van der Waals surface area contributed by atoms with Crippen LogP contribution in [0.4, 0.5) is 0 Å². The van der Waals surface area contributed by atoms with Gasteiger partial charge in [0.25, 0.3) is 5.91 Å². The summed E-state index contributed by atoms with van der Waals surface area (Å²) in [5.74, 6) is 2.67. The van der Waals surface area contributed by atoms with Gasteiger partial charge in [-0.2, -0.15) is 0 Å². The van der Waals surface area contributed by atoms with Crippen molar-refractivity contribution < 1.29 is 9.59 Å². The van der Waals surface area contributed by atoms with Crippen LogP contribution in [0.15, 0.2) is 29.2 Å². The van der Waals surface area contributed by atoms with Gasteiger partial charge >= 0.3 is 0 Å². The van der Waals surface area contributed by atoms with E-state index in [2.05, 4.69) is 11.2 Å². The molecule has 0 radical (unpaired) electrons. The first kappa shape index (κ1) is 22.7. The molecular weight excluding hydrogens is 392 g/mol. The first-order chi connectivity index (χ1) is 14.7. The van der Waals surface area contributed by atoms with Crippen LogP contribution in [0, 0.1) is 18.3 Å². The van der Waals surface area contributed by atoms with E-state index in [1.54, 1.807) is 16.7 Å². The van der Waals surface area contributed by atoms with E-state index in [1.165, 1.54) is 12.8 Å². The minimum atomic E-state index is -0.495. The molecule has 1 aromatic rings. The average Bonchev–Trinajstić information content (AvgIpc) is 2.79. The summed E-state index contributed by atoms with van der Waals surface area (Å²) in [7, 11) is 0. The van der Waals surface area contributed by atoms with Gasteiger partial charge in [-0.25, -0.2) is 0 Å². The Kier molecular flexibility index (Phi) is 8.69. The van der Waals surface area contributed by atoms with Gasteiger partial charge in [-0.1, -0.05) is 56.6 Å². The van der Waals surface area contributed by atoms with Crippen molar-refractivity contribution in [3.8, 4) is 12.3 Å². The number of rotatable bonds is 7. The van der Waals surface area contributed by atoms with Gasteiger partial charge in [0, 0.05) is 10.9 Å². The van der Waals surface area contributed by atoms with Crippen LogP contribution in [-0.2, 0) is 4.79 Å². The predicted molar refractivity (Wildman–Crippen MR) is 123 cm³/mol. The first-order valence-corrected chi connectivity index (χ1v) is 12.6. The molecule has 2 aliphatic rings. The Bertz CT molecular complexity index is 761. The monoisotopic (exact) mass is 426 g/mol. The van der Waals surface area contributed by atoms with Crippen LogP contribution in [-0.4, -0.2) is 41.6 Å². The molecule has 0 aromatic heterocycles. The molecule has 1 atom stereocenters. The molecule has 1 aromatic carbocycles. The average molecular weight is 427 g/mol. The van der Waals surface area contributed by atoms with Crippen LogP contribution in [0.5, 0.6) is 0 Å². The summed E-state index contributed by atoms with van der Waals surface area (Å²) in [6.07, 6.45) is 18.6. The summed E-state index contributed by atoms with van der Waals surface area (Å²) >= 11 is 1.54. The summed E-state index contributed by atoms with van der Waals surface area (Å²) in [6, 6.07) is 7.32. The van der Waals surface area contributed by atoms with Crippen molar-refractivity contribution in [2.75, 3.05) is 12.8 Å². The topological polar surface area (TPSA) is 49.4 Å². The quantitative estimate of drug-likeness (QED) is 0.499. The van der Waals surface area contributed by atoms with Crippen molar-refractivity contribution in [2.45, 2.75) is 81.2 Å². The Balaban J connectivity index is 1.89. The maximum absolute atomic E-state index is 13.6. The van der Waals surface area contributed by atoms with Crippen molar-refractivity contribution in [3.63, 3.8) is 0 Å². The second-order valence-corrected chi connectivity index (χ2v) is 9.37. The maximum atomic E-state index is 13.6. The highest BCUT2D eigenvalue weighted by Gasteiger charge is 2.38. The van der Waals surface area contributed by atoms with Crippen LogP contribution in [0.25, 0.3) is 0 Å². The zero-order valence-corrected chi connectivity index (χ0v) is 18.9. The largest absolute Gasteiger partial charge is 0.352 e. The Hall–Kier alpha value is -1.93. The van der Waals surface area contributed by atoms with E-state index in [0.29, 0.717) is 5.56 Å². The Labute approximate surface area is 185 Å². The summed E-state index contributed by atoms with van der Waals surface area (Å²) in [5.41, 5.74) is 0.631. The number of thioether (sulfide) groups is 1. The van der Waals surface area contributed by atoms with Crippen molar-refractivity contribution in [1.82, 2.24) is 10.2 Å². The normalized spacial score (nSPS) is 18.9. The van der Waals surface area contributed by atoms with Crippen LogP contribution in [0.3, 0.4) is 0 Å². The zero-order valence-electron chi connectivity index (χ0n) is 18.1.